The Bertz CT molecular complexity index is 1280. The molecule has 0 saturated heterocycles. The third-order valence-electron chi connectivity index (χ3n) is 6.51. The number of hydrogen-bond donors (Lipinski definition) is 3. The van der Waals surface area contributed by atoms with Crippen LogP contribution in [-0.2, 0) is 25.1 Å². The maximum atomic E-state index is 11.5. The minimum absolute atomic E-state index is 0.0970. The smallest absolute Gasteiger partial charge is 0.199 e. The van der Waals surface area contributed by atoms with E-state index < -0.39 is 5.60 Å². The molecule has 3 aromatic heterocycles. The lowest BCUT2D eigenvalue weighted by Gasteiger charge is -2.28. The second-order valence-electron chi connectivity index (χ2n) is 9.08. The van der Waals surface area contributed by atoms with Crippen molar-refractivity contribution in [2.45, 2.75) is 39.0 Å². The summed E-state index contributed by atoms with van der Waals surface area (Å²) in [6.45, 7) is 6.22. The van der Waals surface area contributed by atoms with Crippen LogP contribution in [0.1, 0.15) is 29.3 Å². The number of rotatable bonds is 4. The van der Waals surface area contributed by atoms with E-state index in [-0.39, 0.29) is 11.8 Å². The number of nitrogens with zero attached hydrogens (tertiary/aromatic N) is 4. The second kappa shape index (κ2) is 7.39. The third-order valence-corrected chi connectivity index (χ3v) is 6.51. The summed E-state index contributed by atoms with van der Waals surface area (Å²) in [5.41, 5.74) is 4.52. The predicted molar refractivity (Wildman–Crippen MR) is 123 cm³/mol. The van der Waals surface area contributed by atoms with Crippen molar-refractivity contribution in [3.05, 3.63) is 71.0 Å². The van der Waals surface area contributed by atoms with Gasteiger partial charge < -0.3 is 24.8 Å². The van der Waals surface area contributed by atoms with Crippen LogP contribution < -0.4 is 0 Å². The molecule has 4 aromatic rings. The fraction of sp³-hybridized carbons (Fsp3) is 0.320. The summed E-state index contributed by atoms with van der Waals surface area (Å²) in [5, 5.41) is 32.6. The number of fused-ring (bicyclic) bond motifs is 3. The van der Waals surface area contributed by atoms with Crippen molar-refractivity contribution in [1.29, 1.82) is 0 Å². The summed E-state index contributed by atoms with van der Waals surface area (Å²) in [5.74, 6) is 0.187. The first-order chi connectivity index (χ1) is 15.2. The van der Waals surface area contributed by atoms with Crippen molar-refractivity contribution >= 4 is 10.9 Å². The first-order valence-electron chi connectivity index (χ1n) is 10.8. The van der Waals surface area contributed by atoms with Gasteiger partial charge >= 0.3 is 0 Å². The number of aromatic nitrogens is 3. The third kappa shape index (κ3) is 3.34. The molecule has 1 aliphatic heterocycles. The Labute approximate surface area is 186 Å². The molecule has 7 heteroatoms. The van der Waals surface area contributed by atoms with E-state index in [1.165, 1.54) is 38.9 Å². The van der Waals surface area contributed by atoms with Crippen LogP contribution in [0.2, 0.25) is 0 Å². The molecule has 0 saturated carbocycles. The van der Waals surface area contributed by atoms with E-state index in [9.17, 15) is 15.3 Å². The molecule has 0 fully saturated rings. The number of aromatic hydroxyl groups is 2. The SMILES string of the molecule is Cc1ccc2c(c1)c1c(n2CC(C)(O)c2ccc(-n3c(O)ccc3O)nc2)CCN(C)C1. The van der Waals surface area contributed by atoms with Gasteiger partial charge in [0, 0.05) is 60.0 Å². The zero-order chi connectivity index (χ0) is 22.6. The van der Waals surface area contributed by atoms with Crippen molar-refractivity contribution < 1.29 is 15.3 Å². The Morgan fingerprint density at radius 1 is 1.06 bits per heavy atom. The van der Waals surface area contributed by atoms with Gasteiger partial charge in [-0.05, 0) is 44.7 Å². The van der Waals surface area contributed by atoms with Gasteiger partial charge in [-0.15, -0.1) is 0 Å². The van der Waals surface area contributed by atoms with Crippen LogP contribution in [0.4, 0.5) is 0 Å². The molecular formula is C25H28N4O3. The van der Waals surface area contributed by atoms with Crippen molar-refractivity contribution in [2.24, 2.45) is 0 Å². The van der Waals surface area contributed by atoms with Crippen LogP contribution in [0.3, 0.4) is 0 Å². The monoisotopic (exact) mass is 432 g/mol. The van der Waals surface area contributed by atoms with Crippen LogP contribution in [0.5, 0.6) is 11.8 Å². The number of aryl methyl sites for hydroxylation is 1. The molecule has 1 unspecified atom stereocenters. The fourth-order valence-corrected chi connectivity index (χ4v) is 4.77. The molecule has 4 heterocycles. The molecule has 0 aliphatic carbocycles. The van der Waals surface area contributed by atoms with Crippen molar-refractivity contribution in [3.8, 4) is 17.6 Å². The molecule has 7 nitrogen and oxygen atoms in total. The first-order valence-corrected chi connectivity index (χ1v) is 10.8. The van der Waals surface area contributed by atoms with Crippen molar-refractivity contribution in [3.63, 3.8) is 0 Å². The highest BCUT2D eigenvalue weighted by atomic mass is 16.3. The Morgan fingerprint density at radius 2 is 1.81 bits per heavy atom. The standard InChI is InChI=1S/C25H28N4O3/c1-16-4-6-20-18(12-16)19-14-27(3)11-10-21(19)28(20)15-25(2,32)17-5-7-22(26-13-17)29-23(30)8-9-24(29)31/h4-9,12-13,30-32H,10-11,14-15H2,1-3H3. The highest BCUT2D eigenvalue weighted by Crippen LogP contribution is 2.34. The number of benzene rings is 1. The topological polar surface area (TPSA) is 86.7 Å². The fourth-order valence-electron chi connectivity index (χ4n) is 4.77. The van der Waals surface area contributed by atoms with Gasteiger partial charge in [-0.1, -0.05) is 17.7 Å². The molecule has 1 atom stereocenters. The highest BCUT2D eigenvalue weighted by molar-refractivity contribution is 5.86. The number of likely N-dealkylation sites (N-methyl/N-ethyl adjacent to an activating group) is 1. The van der Waals surface area contributed by atoms with E-state index >= 15 is 0 Å². The van der Waals surface area contributed by atoms with Gasteiger partial charge in [-0.2, -0.15) is 0 Å². The molecule has 1 aromatic carbocycles. The molecule has 32 heavy (non-hydrogen) atoms. The van der Waals surface area contributed by atoms with Crippen LogP contribution in [-0.4, -0.2) is 47.9 Å². The van der Waals surface area contributed by atoms with E-state index in [2.05, 4.69) is 46.6 Å². The van der Waals surface area contributed by atoms with Gasteiger partial charge in [-0.25, -0.2) is 9.55 Å². The maximum Gasteiger partial charge on any atom is 0.199 e. The normalized spacial score (nSPS) is 16.2. The van der Waals surface area contributed by atoms with Gasteiger partial charge in [-0.3, -0.25) is 0 Å². The Kier molecular flexibility index (Phi) is 4.76. The van der Waals surface area contributed by atoms with Gasteiger partial charge in [0.05, 0.1) is 6.54 Å². The van der Waals surface area contributed by atoms with Gasteiger partial charge in [0.25, 0.3) is 0 Å². The molecule has 0 spiro atoms. The first kappa shape index (κ1) is 20.6. The van der Waals surface area contributed by atoms with E-state index in [1.807, 2.05) is 0 Å². The molecule has 0 bridgehead atoms. The minimum atomic E-state index is -1.15. The predicted octanol–water partition coefficient (Wildman–Crippen LogP) is 3.44. The summed E-state index contributed by atoms with van der Waals surface area (Å²) in [7, 11) is 2.14. The van der Waals surface area contributed by atoms with E-state index in [0.717, 1.165) is 25.0 Å². The van der Waals surface area contributed by atoms with Gasteiger partial charge in [0.1, 0.15) is 11.4 Å². The van der Waals surface area contributed by atoms with Gasteiger partial charge in [0.15, 0.2) is 11.8 Å². The lowest BCUT2D eigenvalue weighted by atomic mass is 9.97. The molecule has 3 N–H and O–H groups in total. The van der Waals surface area contributed by atoms with Crippen LogP contribution >= 0.6 is 0 Å². The summed E-state index contributed by atoms with van der Waals surface area (Å²) in [4.78, 5) is 6.71. The van der Waals surface area contributed by atoms with E-state index in [1.54, 1.807) is 25.3 Å². The van der Waals surface area contributed by atoms with Crippen LogP contribution in [0.15, 0.2) is 48.7 Å². The molecule has 5 rings (SSSR count). The maximum absolute atomic E-state index is 11.5. The number of aliphatic hydroxyl groups is 1. The molecule has 166 valence electrons. The van der Waals surface area contributed by atoms with E-state index in [4.69, 9.17) is 0 Å². The Balaban J connectivity index is 1.52. The van der Waals surface area contributed by atoms with Crippen molar-refractivity contribution in [2.75, 3.05) is 13.6 Å². The van der Waals surface area contributed by atoms with Gasteiger partial charge in [0.2, 0.25) is 0 Å². The Morgan fingerprint density at radius 3 is 2.50 bits per heavy atom. The Hall–Kier alpha value is -3.29. The molecular weight excluding hydrogens is 404 g/mol. The van der Waals surface area contributed by atoms with Crippen LogP contribution in [0, 0.1) is 6.92 Å². The summed E-state index contributed by atoms with van der Waals surface area (Å²) in [6, 6.07) is 12.8. The minimum Gasteiger partial charge on any atom is -0.494 e. The summed E-state index contributed by atoms with van der Waals surface area (Å²) >= 11 is 0. The number of pyridine rings is 1. The zero-order valence-electron chi connectivity index (χ0n) is 18.6. The molecule has 0 radical (unpaired) electrons. The molecule has 1 aliphatic rings. The van der Waals surface area contributed by atoms with Crippen molar-refractivity contribution in [1.82, 2.24) is 19.0 Å². The molecule has 0 amide bonds. The lowest BCUT2D eigenvalue weighted by molar-refractivity contribution is 0.0382. The van der Waals surface area contributed by atoms with Crippen LogP contribution in [0.25, 0.3) is 16.7 Å². The zero-order valence-corrected chi connectivity index (χ0v) is 18.6. The second-order valence-corrected chi connectivity index (χ2v) is 9.08. The highest BCUT2D eigenvalue weighted by Gasteiger charge is 2.29. The lowest BCUT2D eigenvalue weighted by Crippen LogP contribution is -2.31. The quantitative estimate of drug-likeness (QED) is 0.460. The average molecular weight is 433 g/mol. The average Bonchev–Trinajstić information content (AvgIpc) is 3.24. The summed E-state index contributed by atoms with van der Waals surface area (Å²) < 4.78 is 3.50. The largest absolute Gasteiger partial charge is 0.494 e. The number of hydrogen-bond acceptors (Lipinski definition) is 5. The summed E-state index contributed by atoms with van der Waals surface area (Å²) in [6.07, 6.45) is 2.54. The van der Waals surface area contributed by atoms with E-state index in [0.29, 0.717) is 17.9 Å².